The number of hydrogen-bond donors (Lipinski definition) is 2. The van der Waals surface area contributed by atoms with Crippen molar-refractivity contribution in [3.05, 3.63) is 51.2 Å². The number of benzene rings is 1. The van der Waals surface area contributed by atoms with Gasteiger partial charge in [-0.1, -0.05) is 29.5 Å². The number of thiazole rings is 1. The first-order valence-electron chi connectivity index (χ1n) is 6.38. The Bertz CT molecular complexity index is 1010. The molecular formula is C14H11N5OS. The van der Waals surface area contributed by atoms with Crippen LogP contribution in [-0.4, -0.2) is 19.5 Å². The number of fused-ring (bicyclic) bond motifs is 3. The van der Waals surface area contributed by atoms with Crippen molar-refractivity contribution in [2.75, 3.05) is 5.73 Å². The van der Waals surface area contributed by atoms with Crippen molar-refractivity contribution >= 4 is 39.2 Å². The molecule has 4 rings (SSSR count). The molecule has 0 aliphatic heterocycles. The standard InChI is InChI=1S/C14H11N5OS/c15-13-18-11-5-16-10-4-2-1-3-9(10)12(11)19(13)6-8-7-21-14(20)17-8/h1-5,7H,6H2,(H2,15,18)(H,17,20). The van der Waals surface area contributed by atoms with Crippen molar-refractivity contribution in [1.82, 2.24) is 19.5 Å². The van der Waals surface area contributed by atoms with E-state index >= 15 is 0 Å². The Balaban J connectivity index is 2.00. The highest BCUT2D eigenvalue weighted by molar-refractivity contribution is 7.07. The molecule has 0 saturated carbocycles. The number of pyridine rings is 1. The van der Waals surface area contributed by atoms with E-state index < -0.39 is 0 Å². The molecule has 104 valence electrons. The SMILES string of the molecule is Nc1nc2cnc3ccccc3c2n1Cc1csc(=O)[nH]1. The molecule has 3 heterocycles. The molecule has 6 nitrogen and oxygen atoms in total. The highest BCUT2D eigenvalue weighted by atomic mass is 32.1. The third-order valence-corrected chi connectivity index (χ3v) is 4.13. The lowest BCUT2D eigenvalue weighted by atomic mass is 10.2. The van der Waals surface area contributed by atoms with Gasteiger partial charge in [0.05, 0.1) is 23.8 Å². The van der Waals surface area contributed by atoms with Crippen LogP contribution < -0.4 is 10.6 Å². The van der Waals surface area contributed by atoms with Crippen LogP contribution in [0, 0.1) is 0 Å². The number of nitrogen functional groups attached to an aromatic ring is 1. The molecule has 0 bridgehead atoms. The first-order chi connectivity index (χ1) is 10.2. The zero-order valence-corrected chi connectivity index (χ0v) is 11.7. The predicted octanol–water partition coefficient (Wildman–Crippen LogP) is 1.96. The van der Waals surface area contributed by atoms with Gasteiger partial charge in [-0.05, 0) is 6.07 Å². The maximum atomic E-state index is 11.3. The molecule has 0 spiro atoms. The molecule has 0 amide bonds. The number of nitrogens with zero attached hydrogens (tertiary/aromatic N) is 3. The van der Waals surface area contributed by atoms with Crippen LogP contribution in [0.4, 0.5) is 5.95 Å². The summed E-state index contributed by atoms with van der Waals surface area (Å²) in [6.45, 7) is 0.481. The molecule has 0 aliphatic rings. The number of aromatic amines is 1. The average molecular weight is 297 g/mol. The fourth-order valence-corrected chi connectivity index (χ4v) is 3.07. The van der Waals surface area contributed by atoms with E-state index in [9.17, 15) is 4.79 Å². The van der Waals surface area contributed by atoms with Gasteiger partial charge in [-0.15, -0.1) is 0 Å². The van der Waals surface area contributed by atoms with Gasteiger partial charge in [-0.3, -0.25) is 9.78 Å². The van der Waals surface area contributed by atoms with Gasteiger partial charge in [0.25, 0.3) is 0 Å². The largest absolute Gasteiger partial charge is 0.369 e. The van der Waals surface area contributed by atoms with Crippen molar-refractivity contribution in [3.8, 4) is 0 Å². The number of nitrogens with one attached hydrogen (secondary N) is 1. The summed E-state index contributed by atoms with van der Waals surface area (Å²) in [5.41, 5.74) is 9.43. The van der Waals surface area contributed by atoms with E-state index in [4.69, 9.17) is 5.73 Å². The first kappa shape index (κ1) is 12.1. The molecule has 0 atom stereocenters. The van der Waals surface area contributed by atoms with Crippen LogP contribution in [0.2, 0.25) is 0 Å². The Kier molecular flexibility index (Phi) is 2.55. The minimum Gasteiger partial charge on any atom is -0.369 e. The summed E-state index contributed by atoms with van der Waals surface area (Å²) in [7, 11) is 0. The van der Waals surface area contributed by atoms with Crippen molar-refractivity contribution in [2.24, 2.45) is 0 Å². The number of nitrogens with two attached hydrogens (primary N) is 1. The number of rotatable bonds is 2. The Morgan fingerprint density at radius 1 is 1.29 bits per heavy atom. The molecule has 3 N–H and O–H groups in total. The lowest BCUT2D eigenvalue weighted by Crippen LogP contribution is -2.06. The molecule has 3 aromatic heterocycles. The molecule has 0 saturated heterocycles. The zero-order valence-electron chi connectivity index (χ0n) is 10.9. The maximum Gasteiger partial charge on any atom is 0.304 e. The Labute approximate surface area is 122 Å². The molecule has 0 fully saturated rings. The van der Waals surface area contributed by atoms with Crippen LogP contribution in [0.5, 0.6) is 0 Å². The summed E-state index contributed by atoms with van der Waals surface area (Å²) in [5, 5.41) is 2.80. The van der Waals surface area contributed by atoms with Gasteiger partial charge in [-0.2, -0.15) is 0 Å². The molecule has 7 heteroatoms. The van der Waals surface area contributed by atoms with Gasteiger partial charge in [0.1, 0.15) is 5.52 Å². The van der Waals surface area contributed by atoms with E-state index in [-0.39, 0.29) is 4.87 Å². The lowest BCUT2D eigenvalue weighted by molar-refractivity contribution is 0.815. The van der Waals surface area contributed by atoms with E-state index in [1.165, 1.54) is 0 Å². The van der Waals surface area contributed by atoms with Crippen molar-refractivity contribution in [2.45, 2.75) is 6.54 Å². The highest BCUT2D eigenvalue weighted by Gasteiger charge is 2.13. The van der Waals surface area contributed by atoms with Crippen LogP contribution in [0.3, 0.4) is 0 Å². The number of para-hydroxylation sites is 1. The van der Waals surface area contributed by atoms with Gasteiger partial charge < -0.3 is 15.3 Å². The second-order valence-corrected chi connectivity index (χ2v) is 5.58. The molecule has 4 aromatic rings. The van der Waals surface area contributed by atoms with E-state index in [1.807, 2.05) is 28.8 Å². The second-order valence-electron chi connectivity index (χ2n) is 4.74. The van der Waals surface area contributed by atoms with Crippen LogP contribution in [0.1, 0.15) is 5.69 Å². The number of H-pyrrole nitrogens is 1. The van der Waals surface area contributed by atoms with Crippen LogP contribution in [0.25, 0.3) is 21.9 Å². The van der Waals surface area contributed by atoms with E-state index in [1.54, 1.807) is 11.6 Å². The summed E-state index contributed by atoms with van der Waals surface area (Å²) in [5.74, 6) is 0.412. The second kappa shape index (κ2) is 4.42. The predicted molar refractivity (Wildman–Crippen MR) is 83.5 cm³/mol. The van der Waals surface area contributed by atoms with Gasteiger partial charge >= 0.3 is 4.87 Å². The summed E-state index contributed by atoms with van der Waals surface area (Å²) < 4.78 is 1.90. The average Bonchev–Trinajstić information content (AvgIpc) is 3.03. The normalized spacial score (nSPS) is 11.4. The molecule has 0 aliphatic carbocycles. The maximum absolute atomic E-state index is 11.3. The van der Waals surface area contributed by atoms with Gasteiger partial charge in [-0.25, -0.2) is 4.98 Å². The van der Waals surface area contributed by atoms with Crippen LogP contribution in [0.15, 0.2) is 40.6 Å². The number of hydrogen-bond acceptors (Lipinski definition) is 5. The Hall–Kier alpha value is -2.67. The fraction of sp³-hybridized carbons (Fsp3) is 0.0714. The highest BCUT2D eigenvalue weighted by Crippen LogP contribution is 2.26. The van der Waals surface area contributed by atoms with Crippen molar-refractivity contribution in [1.29, 1.82) is 0 Å². The van der Waals surface area contributed by atoms with Crippen LogP contribution in [-0.2, 0) is 6.54 Å². The number of imidazole rings is 1. The molecule has 0 radical (unpaired) electrons. The topological polar surface area (TPSA) is 89.6 Å². The third-order valence-electron chi connectivity index (χ3n) is 3.41. The fourth-order valence-electron chi connectivity index (χ4n) is 2.50. The Morgan fingerprint density at radius 3 is 2.95 bits per heavy atom. The van der Waals surface area contributed by atoms with E-state index in [2.05, 4.69) is 15.0 Å². The molecule has 0 unspecified atom stereocenters. The van der Waals surface area contributed by atoms with E-state index in [0.717, 1.165) is 39.0 Å². The molecular weight excluding hydrogens is 286 g/mol. The number of anilines is 1. The van der Waals surface area contributed by atoms with Crippen LogP contribution >= 0.6 is 11.3 Å². The molecule has 1 aromatic carbocycles. The minimum absolute atomic E-state index is 0.0699. The minimum atomic E-state index is -0.0699. The number of aromatic nitrogens is 4. The van der Waals surface area contributed by atoms with Crippen molar-refractivity contribution in [3.63, 3.8) is 0 Å². The summed E-state index contributed by atoms with van der Waals surface area (Å²) in [6, 6.07) is 7.86. The van der Waals surface area contributed by atoms with Crippen molar-refractivity contribution < 1.29 is 0 Å². The van der Waals surface area contributed by atoms with Gasteiger partial charge in [0, 0.05) is 16.5 Å². The van der Waals surface area contributed by atoms with Gasteiger partial charge in [0.15, 0.2) is 0 Å². The monoisotopic (exact) mass is 297 g/mol. The summed E-state index contributed by atoms with van der Waals surface area (Å²) in [6.07, 6.45) is 1.72. The third kappa shape index (κ3) is 1.90. The quantitative estimate of drug-likeness (QED) is 0.592. The summed E-state index contributed by atoms with van der Waals surface area (Å²) in [4.78, 5) is 22.7. The van der Waals surface area contributed by atoms with E-state index in [0.29, 0.717) is 12.5 Å². The smallest absolute Gasteiger partial charge is 0.304 e. The Morgan fingerprint density at radius 2 is 2.14 bits per heavy atom. The van der Waals surface area contributed by atoms with Gasteiger partial charge in [0.2, 0.25) is 5.95 Å². The first-order valence-corrected chi connectivity index (χ1v) is 7.26. The summed E-state index contributed by atoms with van der Waals surface area (Å²) >= 11 is 1.14. The lowest BCUT2D eigenvalue weighted by Gasteiger charge is -2.06. The zero-order chi connectivity index (χ0) is 14.4. The molecule has 21 heavy (non-hydrogen) atoms.